The molecule has 0 spiro atoms. The van der Waals surface area contributed by atoms with Gasteiger partial charge in [0.1, 0.15) is 0 Å². The number of aliphatic hydroxyl groups is 1. The average molecular weight is 239 g/mol. The van der Waals surface area contributed by atoms with E-state index in [1.165, 1.54) is 0 Å². The predicted octanol–water partition coefficient (Wildman–Crippen LogP) is 2.38. The molecule has 0 aliphatic rings. The van der Waals surface area contributed by atoms with Crippen LogP contribution in [0.25, 0.3) is 0 Å². The number of hydrogen-bond acceptors (Lipinski definition) is 1. The van der Waals surface area contributed by atoms with Gasteiger partial charge in [0, 0.05) is 10.9 Å². The second-order valence-corrected chi connectivity index (χ2v) is 3.81. The number of hydrogen-bond donors (Lipinski definition) is 1. The molecule has 0 saturated carbocycles. The van der Waals surface area contributed by atoms with Crippen LogP contribution in [0.1, 0.15) is 12.0 Å². The van der Waals surface area contributed by atoms with E-state index in [2.05, 4.69) is 21.9 Å². The molecule has 68 valence electrons. The Morgan fingerprint density at radius 3 is 2.54 bits per heavy atom. The molecule has 1 N–H and O–H groups in total. The summed E-state index contributed by atoms with van der Waals surface area (Å²) < 4.78 is 1.04. The van der Waals surface area contributed by atoms with E-state index >= 15 is 0 Å². The molecule has 1 unspecified atom stereocenters. The summed E-state index contributed by atoms with van der Waals surface area (Å²) in [6.07, 6.45) is 5.70. The molecule has 0 saturated heterocycles. The smallest absolute Gasteiger partial charge is 0.0689 e. The van der Waals surface area contributed by atoms with E-state index in [0.717, 1.165) is 10.0 Å². The second kappa shape index (κ2) is 5.06. The first-order valence-electron chi connectivity index (χ1n) is 4.08. The zero-order valence-corrected chi connectivity index (χ0v) is 8.79. The van der Waals surface area contributed by atoms with E-state index in [4.69, 9.17) is 6.42 Å². The molecule has 1 rings (SSSR count). The SMILES string of the molecule is C#CCC(O)Cc1ccc(Br)cc1. The highest BCUT2D eigenvalue weighted by Crippen LogP contribution is 2.12. The number of terminal acetylenes is 1. The zero-order valence-electron chi connectivity index (χ0n) is 7.20. The minimum Gasteiger partial charge on any atom is -0.392 e. The maximum absolute atomic E-state index is 9.42. The van der Waals surface area contributed by atoms with Crippen molar-refractivity contribution < 1.29 is 5.11 Å². The monoisotopic (exact) mass is 238 g/mol. The summed E-state index contributed by atoms with van der Waals surface area (Å²) in [4.78, 5) is 0. The minimum absolute atomic E-state index is 0.413. The van der Waals surface area contributed by atoms with Crippen LogP contribution in [0.5, 0.6) is 0 Å². The van der Waals surface area contributed by atoms with Gasteiger partial charge in [-0.05, 0) is 24.1 Å². The Labute approximate surface area is 86.9 Å². The van der Waals surface area contributed by atoms with E-state index in [1.807, 2.05) is 24.3 Å². The highest BCUT2D eigenvalue weighted by atomic mass is 79.9. The maximum Gasteiger partial charge on any atom is 0.0689 e. The molecule has 2 heteroatoms. The van der Waals surface area contributed by atoms with Crippen LogP contribution in [0.2, 0.25) is 0 Å². The Hall–Kier alpha value is -0.780. The molecular formula is C11H11BrO. The lowest BCUT2D eigenvalue weighted by atomic mass is 10.1. The van der Waals surface area contributed by atoms with Crippen molar-refractivity contribution in [2.75, 3.05) is 0 Å². The number of rotatable bonds is 3. The third kappa shape index (κ3) is 3.63. The van der Waals surface area contributed by atoms with Crippen molar-refractivity contribution in [3.63, 3.8) is 0 Å². The predicted molar refractivity (Wildman–Crippen MR) is 57.3 cm³/mol. The van der Waals surface area contributed by atoms with Crippen LogP contribution >= 0.6 is 15.9 Å². The first kappa shape index (κ1) is 10.3. The molecule has 0 bridgehead atoms. The Balaban J connectivity index is 2.55. The van der Waals surface area contributed by atoms with Crippen LogP contribution in [-0.4, -0.2) is 11.2 Å². The maximum atomic E-state index is 9.42. The van der Waals surface area contributed by atoms with Crippen molar-refractivity contribution in [1.82, 2.24) is 0 Å². The van der Waals surface area contributed by atoms with Crippen LogP contribution in [0.15, 0.2) is 28.7 Å². The fourth-order valence-corrected chi connectivity index (χ4v) is 1.37. The van der Waals surface area contributed by atoms with Gasteiger partial charge in [-0.3, -0.25) is 0 Å². The third-order valence-electron chi connectivity index (χ3n) is 1.74. The lowest BCUT2D eigenvalue weighted by molar-refractivity contribution is 0.181. The Kier molecular flexibility index (Phi) is 4.01. The van der Waals surface area contributed by atoms with Gasteiger partial charge in [0.15, 0.2) is 0 Å². The molecular weight excluding hydrogens is 228 g/mol. The zero-order chi connectivity index (χ0) is 9.68. The largest absolute Gasteiger partial charge is 0.392 e. The van der Waals surface area contributed by atoms with Gasteiger partial charge < -0.3 is 5.11 Å². The summed E-state index contributed by atoms with van der Waals surface area (Å²) in [6, 6.07) is 7.86. The van der Waals surface area contributed by atoms with Crippen LogP contribution < -0.4 is 0 Å². The van der Waals surface area contributed by atoms with E-state index < -0.39 is 6.10 Å². The summed E-state index contributed by atoms with van der Waals surface area (Å²) in [5, 5.41) is 9.42. The van der Waals surface area contributed by atoms with Crippen molar-refractivity contribution in [2.24, 2.45) is 0 Å². The molecule has 1 aromatic carbocycles. The summed E-state index contributed by atoms with van der Waals surface area (Å²) in [6.45, 7) is 0. The molecule has 0 amide bonds. The average Bonchev–Trinajstić information content (AvgIpc) is 2.09. The normalized spacial score (nSPS) is 12.1. The van der Waals surface area contributed by atoms with Crippen LogP contribution in [0, 0.1) is 12.3 Å². The third-order valence-corrected chi connectivity index (χ3v) is 2.27. The fraction of sp³-hybridized carbons (Fsp3) is 0.273. The topological polar surface area (TPSA) is 20.2 Å². The summed E-state index contributed by atoms with van der Waals surface area (Å²) in [5.41, 5.74) is 1.10. The van der Waals surface area contributed by atoms with Crippen LogP contribution in [0.3, 0.4) is 0 Å². The van der Waals surface area contributed by atoms with Gasteiger partial charge in [-0.1, -0.05) is 28.1 Å². The number of aliphatic hydroxyl groups excluding tert-OH is 1. The van der Waals surface area contributed by atoms with Crippen molar-refractivity contribution in [1.29, 1.82) is 0 Å². The minimum atomic E-state index is -0.425. The van der Waals surface area contributed by atoms with Gasteiger partial charge in [0.05, 0.1) is 6.10 Å². The summed E-state index contributed by atoms with van der Waals surface area (Å²) in [5.74, 6) is 2.44. The molecule has 0 radical (unpaired) electrons. The quantitative estimate of drug-likeness (QED) is 0.803. The highest BCUT2D eigenvalue weighted by Gasteiger charge is 2.02. The highest BCUT2D eigenvalue weighted by molar-refractivity contribution is 9.10. The standard InChI is InChI=1S/C11H11BrO/c1-2-3-11(13)8-9-4-6-10(12)7-5-9/h1,4-7,11,13H,3,8H2. The Morgan fingerprint density at radius 1 is 1.38 bits per heavy atom. The van der Waals surface area contributed by atoms with Gasteiger partial charge >= 0.3 is 0 Å². The number of benzene rings is 1. The number of halogens is 1. The molecule has 1 atom stereocenters. The van der Waals surface area contributed by atoms with Crippen molar-refractivity contribution >= 4 is 15.9 Å². The second-order valence-electron chi connectivity index (χ2n) is 2.89. The summed E-state index contributed by atoms with van der Waals surface area (Å²) in [7, 11) is 0. The molecule has 0 fully saturated rings. The Bertz CT molecular complexity index is 297. The first-order valence-corrected chi connectivity index (χ1v) is 4.87. The summed E-state index contributed by atoms with van der Waals surface area (Å²) >= 11 is 3.35. The molecule has 13 heavy (non-hydrogen) atoms. The van der Waals surface area contributed by atoms with Crippen molar-refractivity contribution in [3.8, 4) is 12.3 Å². The van der Waals surface area contributed by atoms with E-state index in [1.54, 1.807) is 0 Å². The van der Waals surface area contributed by atoms with Crippen LogP contribution in [0.4, 0.5) is 0 Å². The molecule has 0 heterocycles. The van der Waals surface area contributed by atoms with Crippen LogP contribution in [-0.2, 0) is 6.42 Å². The van der Waals surface area contributed by atoms with E-state index in [0.29, 0.717) is 12.8 Å². The van der Waals surface area contributed by atoms with Crippen molar-refractivity contribution in [2.45, 2.75) is 18.9 Å². The Morgan fingerprint density at radius 2 is 2.00 bits per heavy atom. The lowest BCUT2D eigenvalue weighted by Gasteiger charge is -2.06. The fourth-order valence-electron chi connectivity index (χ4n) is 1.10. The van der Waals surface area contributed by atoms with E-state index in [9.17, 15) is 5.11 Å². The molecule has 0 aliphatic carbocycles. The van der Waals surface area contributed by atoms with Gasteiger partial charge in [-0.2, -0.15) is 0 Å². The van der Waals surface area contributed by atoms with Gasteiger partial charge in [-0.15, -0.1) is 12.3 Å². The van der Waals surface area contributed by atoms with Gasteiger partial charge in [0.25, 0.3) is 0 Å². The molecule has 0 aliphatic heterocycles. The van der Waals surface area contributed by atoms with Crippen molar-refractivity contribution in [3.05, 3.63) is 34.3 Å². The molecule has 1 nitrogen and oxygen atoms in total. The lowest BCUT2D eigenvalue weighted by Crippen LogP contribution is -2.08. The first-order chi connectivity index (χ1) is 6.22. The van der Waals surface area contributed by atoms with Gasteiger partial charge in [0.2, 0.25) is 0 Å². The molecule has 0 aromatic heterocycles. The molecule has 1 aromatic rings. The van der Waals surface area contributed by atoms with E-state index in [-0.39, 0.29) is 0 Å². The van der Waals surface area contributed by atoms with Gasteiger partial charge in [-0.25, -0.2) is 0 Å².